The van der Waals surface area contributed by atoms with Crippen LogP contribution >= 0.6 is 0 Å². The predicted octanol–water partition coefficient (Wildman–Crippen LogP) is 2.13. The quantitative estimate of drug-likeness (QED) is 0.776. The number of nitrogens with zero attached hydrogens (tertiary/aromatic N) is 1. The van der Waals surface area contributed by atoms with Crippen molar-refractivity contribution in [3.63, 3.8) is 0 Å². The van der Waals surface area contributed by atoms with E-state index in [4.69, 9.17) is 5.73 Å². The maximum absolute atomic E-state index is 12.9. The van der Waals surface area contributed by atoms with Gasteiger partial charge < -0.3 is 10.3 Å². The van der Waals surface area contributed by atoms with Crippen LogP contribution in [-0.2, 0) is 6.54 Å². The van der Waals surface area contributed by atoms with E-state index in [-0.39, 0.29) is 11.9 Å². The molecule has 2 aromatic rings. The highest BCUT2D eigenvalue weighted by Crippen LogP contribution is 2.17. The molecule has 0 aliphatic rings. The first-order valence-corrected chi connectivity index (χ1v) is 4.67. The van der Waals surface area contributed by atoms with Gasteiger partial charge in [-0.15, -0.1) is 0 Å². The van der Waals surface area contributed by atoms with Crippen LogP contribution in [0.3, 0.4) is 0 Å². The summed E-state index contributed by atoms with van der Waals surface area (Å²) < 4.78 is 14.9. The molecule has 2 rings (SSSR count). The molecule has 1 heterocycles. The largest absolute Gasteiger partial charge is 0.346 e. The highest BCUT2D eigenvalue weighted by Gasteiger charge is 2.03. The Labute approximate surface area is 82.1 Å². The van der Waals surface area contributed by atoms with E-state index < -0.39 is 0 Å². The minimum atomic E-state index is -0.198. The van der Waals surface area contributed by atoms with Crippen molar-refractivity contribution >= 4 is 10.9 Å². The minimum Gasteiger partial charge on any atom is -0.346 e. The topological polar surface area (TPSA) is 30.9 Å². The van der Waals surface area contributed by atoms with Crippen molar-refractivity contribution in [1.29, 1.82) is 0 Å². The number of aromatic nitrogens is 1. The van der Waals surface area contributed by atoms with Crippen LogP contribution in [0.15, 0.2) is 30.5 Å². The summed E-state index contributed by atoms with van der Waals surface area (Å²) in [6.07, 6.45) is 1.94. The van der Waals surface area contributed by atoms with Gasteiger partial charge in [0.25, 0.3) is 0 Å². The van der Waals surface area contributed by atoms with Crippen molar-refractivity contribution in [3.8, 4) is 0 Å². The van der Waals surface area contributed by atoms with Gasteiger partial charge in [0.2, 0.25) is 0 Å². The highest BCUT2D eigenvalue weighted by molar-refractivity contribution is 5.80. The zero-order valence-corrected chi connectivity index (χ0v) is 8.07. The molecule has 3 heteroatoms. The summed E-state index contributed by atoms with van der Waals surface area (Å²) in [6, 6.07) is 6.80. The van der Waals surface area contributed by atoms with E-state index in [1.54, 1.807) is 6.07 Å². The van der Waals surface area contributed by atoms with Crippen LogP contribution in [0.2, 0.25) is 0 Å². The van der Waals surface area contributed by atoms with E-state index in [0.29, 0.717) is 0 Å². The van der Waals surface area contributed by atoms with Gasteiger partial charge in [-0.2, -0.15) is 0 Å². The van der Waals surface area contributed by atoms with Gasteiger partial charge in [0.05, 0.1) is 0 Å². The van der Waals surface area contributed by atoms with Crippen molar-refractivity contribution in [1.82, 2.24) is 4.57 Å². The average Bonchev–Trinajstić information content (AvgIpc) is 2.47. The third-order valence-electron chi connectivity index (χ3n) is 2.22. The first-order valence-electron chi connectivity index (χ1n) is 4.67. The van der Waals surface area contributed by atoms with Gasteiger partial charge in [-0.3, -0.25) is 0 Å². The van der Waals surface area contributed by atoms with Crippen molar-refractivity contribution in [2.24, 2.45) is 5.73 Å². The lowest BCUT2D eigenvalue weighted by atomic mass is 10.2. The maximum atomic E-state index is 12.9. The van der Waals surface area contributed by atoms with Crippen LogP contribution in [0.1, 0.15) is 6.92 Å². The first-order chi connectivity index (χ1) is 6.66. The molecule has 0 unspecified atom stereocenters. The smallest absolute Gasteiger partial charge is 0.123 e. The van der Waals surface area contributed by atoms with Crippen molar-refractivity contribution < 1.29 is 4.39 Å². The molecule has 0 spiro atoms. The third-order valence-corrected chi connectivity index (χ3v) is 2.22. The summed E-state index contributed by atoms with van der Waals surface area (Å²) in [4.78, 5) is 0. The lowest BCUT2D eigenvalue weighted by Gasteiger charge is -2.07. The van der Waals surface area contributed by atoms with E-state index >= 15 is 0 Å². The summed E-state index contributed by atoms with van der Waals surface area (Å²) in [5.74, 6) is -0.198. The van der Waals surface area contributed by atoms with Crippen LogP contribution in [0, 0.1) is 5.82 Å². The molecule has 0 saturated carbocycles. The summed E-state index contributed by atoms with van der Waals surface area (Å²) in [7, 11) is 0. The lowest BCUT2D eigenvalue weighted by molar-refractivity contribution is 0.604. The first kappa shape index (κ1) is 9.21. The monoisotopic (exact) mass is 192 g/mol. The lowest BCUT2D eigenvalue weighted by Crippen LogP contribution is -2.21. The fourth-order valence-corrected chi connectivity index (χ4v) is 1.64. The molecule has 74 valence electrons. The number of nitrogens with two attached hydrogens (primary N) is 1. The number of hydrogen-bond acceptors (Lipinski definition) is 1. The zero-order valence-electron chi connectivity index (χ0n) is 8.07. The van der Waals surface area contributed by atoms with Gasteiger partial charge in [-0.05, 0) is 31.2 Å². The van der Waals surface area contributed by atoms with Gasteiger partial charge in [-0.1, -0.05) is 0 Å². The summed E-state index contributed by atoms with van der Waals surface area (Å²) >= 11 is 0. The Morgan fingerprint density at radius 1 is 1.43 bits per heavy atom. The van der Waals surface area contributed by atoms with Gasteiger partial charge in [0.1, 0.15) is 5.82 Å². The van der Waals surface area contributed by atoms with Crippen molar-refractivity contribution in [2.45, 2.75) is 19.5 Å². The second-order valence-corrected chi connectivity index (χ2v) is 3.65. The minimum absolute atomic E-state index is 0.107. The molecule has 0 aliphatic heterocycles. The molecule has 2 N–H and O–H groups in total. The van der Waals surface area contributed by atoms with Crippen LogP contribution in [0.25, 0.3) is 10.9 Å². The van der Waals surface area contributed by atoms with E-state index in [0.717, 1.165) is 17.4 Å². The van der Waals surface area contributed by atoms with E-state index in [9.17, 15) is 4.39 Å². The Morgan fingerprint density at radius 3 is 2.93 bits per heavy atom. The molecule has 0 radical (unpaired) electrons. The second kappa shape index (κ2) is 3.42. The maximum Gasteiger partial charge on any atom is 0.123 e. The fourth-order valence-electron chi connectivity index (χ4n) is 1.64. The van der Waals surface area contributed by atoms with Crippen LogP contribution in [-0.4, -0.2) is 10.6 Å². The number of rotatable bonds is 2. The Hall–Kier alpha value is -1.35. The number of fused-ring (bicyclic) bond motifs is 1. The average molecular weight is 192 g/mol. The Kier molecular flexibility index (Phi) is 2.25. The Morgan fingerprint density at radius 2 is 2.21 bits per heavy atom. The van der Waals surface area contributed by atoms with Gasteiger partial charge in [-0.25, -0.2) is 4.39 Å². The van der Waals surface area contributed by atoms with E-state index in [2.05, 4.69) is 0 Å². The van der Waals surface area contributed by atoms with Crippen LogP contribution < -0.4 is 5.73 Å². The molecule has 1 atom stereocenters. The summed E-state index contributed by atoms with van der Waals surface area (Å²) in [5, 5.41) is 0.922. The molecule has 1 aromatic carbocycles. The zero-order chi connectivity index (χ0) is 10.1. The highest BCUT2D eigenvalue weighted by atomic mass is 19.1. The van der Waals surface area contributed by atoms with Gasteiger partial charge in [0, 0.05) is 29.7 Å². The van der Waals surface area contributed by atoms with Gasteiger partial charge >= 0.3 is 0 Å². The van der Waals surface area contributed by atoms with Gasteiger partial charge in [0.15, 0.2) is 0 Å². The summed E-state index contributed by atoms with van der Waals surface area (Å²) in [5.41, 5.74) is 6.74. The molecule has 0 bridgehead atoms. The molecule has 0 amide bonds. The Bertz CT molecular complexity index is 445. The van der Waals surface area contributed by atoms with Crippen molar-refractivity contribution in [2.75, 3.05) is 0 Å². The molecule has 0 saturated heterocycles. The van der Waals surface area contributed by atoms with Crippen molar-refractivity contribution in [3.05, 3.63) is 36.3 Å². The molecular weight excluding hydrogens is 179 g/mol. The number of hydrogen-bond donors (Lipinski definition) is 1. The van der Waals surface area contributed by atoms with E-state index in [1.165, 1.54) is 12.1 Å². The third kappa shape index (κ3) is 1.63. The SMILES string of the molecule is C[C@@H](N)Cn1ccc2cc(F)ccc21. The molecule has 0 fully saturated rings. The Balaban J connectivity index is 2.47. The number of halogens is 1. The molecule has 0 aliphatic carbocycles. The summed E-state index contributed by atoms with van der Waals surface area (Å²) in [6.45, 7) is 2.71. The molecule has 1 aromatic heterocycles. The fraction of sp³-hybridized carbons (Fsp3) is 0.273. The molecular formula is C11H13FN2. The second-order valence-electron chi connectivity index (χ2n) is 3.65. The van der Waals surface area contributed by atoms with E-state index in [1.807, 2.05) is 23.8 Å². The normalized spacial score (nSPS) is 13.4. The standard InChI is InChI=1S/C11H13FN2/c1-8(13)7-14-5-4-9-6-10(12)2-3-11(9)14/h2-6,8H,7,13H2,1H3/t8-/m1/s1. The van der Waals surface area contributed by atoms with Crippen LogP contribution in [0.4, 0.5) is 4.39 Å². The van der Waals surface area contributed by atoms with Crippen LogP contribution in [0.5, 0.6) is 0 Å². The molecule has 2 nitrogen and oxygen atoms in total. The number of benzene rings is 1. The predicted molar refractivity (Wildman–Crippen MR) is 55.5 cm³/mol. The molecule has 14 heavy (non-hydrogen) atoms.